The smallest absolute Gasteiger partial charge is 0.404 e. The summed E-state index contributed by atoms with van der Waals surface area (Å²) in [5.41, 5.74) is 0. The van der Waals surface area contributed by atoms with Crippen molar-refractivity contribution in [3.63, 3.8) is 0 Å². The van der Waals surface area contributed by atoms with Crippen molar-refractivity contribution in [3.8, 4) is 11.5 Å². The molecule has 1 aromatic rings. The van der Waals surface area contributed by atoms with Crippen LogP contribution in [-0.4, -0.2) is 28.5 Å². The van der Waals surface area contributed by atoms with Crippen molar-refractivity contribution in [2.24, 2.45) is 0 Å². The van der Waals surface area contributed by atoms with E-state index in [2.05, 4.69) is 0 Å². The van der Waals surface area contributed by atoms with Crippen LogP contribution in [0.5, 0.6) is 11.5 Å². The number of nitrogens with one attached hydrogen (secondary N) is 1. The lowest BCUT2D eigenvalue weighted by Crippen LogP contribution is -2.13. The molecule has 0 saturated carbocycles. The zero-order valence-electron chi connectivity index (χ0n) is 7.06. The number of hydrogen-bond donors (Lipinski definition) is 4. The highest BCUT2D eigenvalue weighted by atomic mass is 16.4. The first-order chi connectivity index (χ1) is 6.07. The van der Waals surface area contributed by atoms with Crippen molar-refractivity contribution in [2.75, 3.05) is 7.05 Å². The van der Waals surface area contributed by atoms with Gasteiger partial charge in [-0.3, -0.25) is 0 Å². The first kappa shape index (κ1) is 11.1. The second-order valence-corrected chi connectivity index (χ2v) is 2.04. The van der Waals surface area contributed by atoms with Gasteiger partial charge in [0.1, 0.15) is 0 Å². The third-order valence-electron chi connectivity index (χ3n) is 1.10. The number of phenols is 2. The van der Waals surface area contributed by atoms with Crippen molar-refractivity contribution in [1.29, 1.82) is 0 Å². The lowest BCUT2D eigenvalue weighted by Gasteiger charge is -1.91. The van der Waals surface area contributed by atoms with Crippen LogP contribution in [0.4, 0.5) is 4.79 Å². The van der Waals surface area contributed by atoms with E-state index in [4.69, 9.17) is 15.3 Å². The zero-order valence-corrected chi connectivity index (χ0v) is 7.06. The second kappa shape index (κ2) is 5.70. The van der Waals surface area contributed by atoms with E-state index in [-0.39, 0.29) is 11.5 Å². The van der Waals surface area contributed by atoms with E-state index in [1.54, 1.807) is 12.1 Å². The summed E-state index contributed by atoms with van der Waals surface area (Å²) < 4.78 is 0. The molecule has 0 aliphatic carbocycles. The molecule has 1 aromatic carbocycles. The molecule has 0 spiro atoms. The molecule has 5 heteroatoms. The fourth-order valence-electron chi connectivity index (χ4n) is 0.464. The van der Waals surface area contributed by atoms with Gasteiger partial charge in [0.2, 0.25) is 0 Å². The molecule has 1 rings (SSSR count). The number of aromatic hydroxyl groups is 2. The van der Waals surface area contributed by atoms with Gasteiger partial charge in [0, 0.05) is 7.05 Å². The molecule has 0 atom stereocenters. The fraction of sp³-hybridized carbons (Fsp3) is 0.125. The molecule has 13 heavy (non-hydrogen) atoms. The van der Waals surface area contributed by atoms with E-state index in [1.165, 1.54) is 19.2 Å². The maximum absolute atomic E-state index is 9.26. The minimum absolute atomic E-state index is 0.0764. The Morgan fingerprint density at radius 3 is 1.69 bits per heavy atom. The van der Waals surface area contributed by atoms with Crippen LogP contribution in [0.2, 0.25) is 0 Å². The van der Waals surface area contributed by atoms with Crippen LogP contribution in [0.15, 0.2) is 24.3 Å². The van der Waals surface area contributed by atoms with Crippen LogP contribution in [0, 0.1) is 0 Å². The Kier molecular flexibility index (Phi) is 4.87. The second-order valence-electron chi connectivity index (χ2n) is 2.04. The first-order valence-electron chi connectivity index (χ1n) is 3.45. The molecule has 0 heterocycles. The maximum Gasteiger partial charge on any atom is 0.404 e. The SMILES string of the molecule is CNC(=O)O.Oc1ccccc1O. The number of benzene rings is 1. The molecule has 1 amide bonds. The minimum Gasteiger partial charge on any atom is -0.504 e. The van der Waals surface area contributed by atoms with Gasteiger partial charge in [0.05, 0.1) is 0 Å². The van der Waals surface area contributed by atoms with Crippen molar-refractivity contribution in [3.05, 3.63) is 24.3 Å². The van der Waals surface area contributed by atoms with Gasteiger partial charge in [-0.25, -0.2) is 4.79 Å². The normalized spacial score (nSPS) is 8.08. The average molecular weight is 185 g/mol. The Morgan fingerprint density at radius 1 is 1.23 bits per heavy atom. The first-order valence-corrected chi connectivity index (χ1v) is 3.45. The summed E-state index contributed by atoms with van der Waals surface area (Å²) in [6, 6.07) is 6.15. The van der Waals surface area contributed by atoms with Crippen molar-refractivity contribution in [2.45, 2.75) is 0 Å². The predicted molar refractivity (Wildman–Crippen MR) is 46.9 cm³/mol. The minimum atomic E-state index is -0.995. The summed E-state index contributed by atoms with van der Waals surface area (Å²) in [5.74, 6) is -0.153. The zero-order chi connectivity index (χ0) is 10.3. The fourth-order valence-corrected chi connectivity index (χ4v) is 0.464. The number of rotatable bonds is 0. The lowest BCUT2D eigenvalue weighted by atomic mass is 10.3. The highest BCUT2D eigenvalue weighted by molar-refractivity contribution is 5.63. The van der Waals surface area contributed by atoms with Crippen LogP contribution >= 0.6 is 0 Å². The Hall–Kier alpha value is -1.91. The standard InChI is InChI=1S/C6H6O2.C2H5NO2/c7-5-3-1-2-4-6(5)8;1-3-2(4)5/h1-4,7-8H;3H,1H3,(H,4,5). The van der Waals surface area contributed by atoms with Gasteiger partial charge < -0.3 is 20.6 Å². The maximum atomic E-state index is 9.26. The molecule has 5 nitrogen and oxygen atoms in total. The summed E-state index contributed by atoms with van der Waals surface area (Å²) >= 11 is 0. The molecule has 0 aliphatic heterocycles. The topological polar surface area (TPSA) is 89.8 Å². The largest absolute Gasteiger partial charge is 0.504 e. The number of carbonyl (C=O) groups is 1. The quantitative estimate of drug-likeness (QED) is 0.453. The van der Waals surface area contributed by atoms with Gasteiger partial charge in [-0.2, -0.15) is 0 Å². The van der Waals surface area contributed by atoms with Gasteiger partial charge in [-0.05, 0) is 12.1 Å². The summed E-state index contributed by atoms with van der Waals surface area (Å²) in [4.78, 5) is 9.26. The summed E-state index contributed by atoms with van der Waals surface area (Å²) in [5, 5.41) is 26.9. The molecule has 0 fully saturated rings. The number of para-hydroxylation sites is 2. The number of amides is 1. The Bertz CT molecular complexity index is 254. The highest BCUT2D eigenvalue weighted by Crippen LogP contribution is 2.21. The molecule has 0 bridgehead atoms. The third kappa shape index (κ3) is 5.37. The van der Waals surface area contributed by atoms with Crippen molar-refractivity contribution in [1.82, 2.24) is 5.32 Å². The molecule has 0 saturated heterocycles. The molecule has 0 unspecified atom stereocenters. The Labute approximate surface area is 75.3 Å². The van der Waals surface area contributed by atoms with Crippen LogP contribution in [0.1, 0.15) is 0 Å². The van der Waals surface area contributed by atoms with Gasteiger partial charge in [0.15, 0.2) is 11.5 Å². The molecular weight excluding hydrogens is 174 g/mol. The van der Waals surface area contributed by atoms with Crippen LogP contribution in [0.3, 0.4) is 0 Å². The van der Waals surface area contributed by atoms with E-state index in [0.29, 0.717) is 0 Å². The van der Waals surface area contributed by atoms with Crippen LogP contribution in [-0.2, 0) is 0 Å². The van der Waals surface area contributed by atoms with E-state index in [1.807, 2.05) is 5.32 Å². The molecule has 0 radical (unpaired) electrons. The summed E-state index contributed by atoms with van der Waals surface area (Å²) in [6.45, 7) is 0. The van der Waals surface area contributed by atoms with Gasteiger partial charge >= 0.3 is 6.09 Å². The van der Waals surface area contributed by atoms with Crippen molar-refractivity contribution < 1.29 is 20.1 Å². The van der Waals surface area contributed by atoms with Crippen molar-refractivity contribution >= 4 is 6.09 Å². The van der Waals surface area contributed by atoms with Crippen LogP contribution in [0.25, 0.3) is 0 Å². The summed E-state index contributed by atoms with van der Waals surface area (Å²) in [7, 11) is 1.35. The molecule has 72 valence electrons. The number of carboxylic acid groups (broad SMARTS) is 1. The van der Waals surface area contributed by atoms with Gasteiger partial charge in [0.25, 0.3) is 0 Å². The predicted octanol–water partition coefficient (Wildman–Crippen LogP) is 0.982. The Balaban J connectivity index is 0.000000252. The van der Waals surface area contributed by atoms with Gasteiger partial charge in [-0.15, -0.1) is 0 Å². The molecule has 0 aromatic heterocycles. The average Bonchev–Trinajstić information content (AvgIpc) is 2.11. The highest BCUT2D eigenvalue weighted by Gasteiger charge is 1.90. The number of hydrogen-bond acceptors (Lipinski definition) is 3. The van der Waals surface area contributed by atoms with E-state index in [9.17, 15) is 4.79 Å². The number of phenolic OH excluding ortho intramolecular Hbond substituents is 2. The lowest BCUT2D eigenvalue weighted by molar-refractivity contribution is 0.197. The van der Waals surface area contributed by atoms with E-state index >= 15 is 0 Å². The van der Waals surface area contributed by atoms with Crippen LogP contribution < -0.4 is 5.32 Å². The summed E-state index contributed by atoms with van der Waals surface area (Å²) in [6.07, 6.45) is -0.995. The molecule has 0 aliphatic rings. The molecule has 4 N–H and O–H groups in total. The van der Waals surface area contributed by atoms with E-state index < -0.39 is 6.09 Å². The monoisotopic (exact) mass is 185 g/mol. The van der Waals surface area contributed by atoms with Gasteiger partial charge in [-0.1, -0.05) is 12.1 Å². The Morgan fingerprint density at radius 2 is 1.54 bits per heavy atom. The third-order valence-corrected chi connectivity index (χ3v) is 1.10. The van der Waals surface area contributed by atoms with E-state index in [0.717, 1.165) is 0 Å². The molecular formula is C8H11NO4.